The maximum Gasteiger partial charge on any atom is 0.151 e. The lowest BCUT2D eigenvalue weighted by molar-refractivity contribution is -0.117. The van der Waals surface area contributed by atoms with Crippen molar-refractivity contribution in [3.05, 3.63) is 12.2 Å². The molecule has 1 saturated heterocycles. The number of sulfone groups is 1. The number of rotatable bonds is 2. The van der Waals surface area contributed by atoms with Gasteiger partial charge in [0.1, 0.15) is 6.29 Å². The maximum atomic E-state index is 11.5. The van der Waals surface area contributed by atoms with Gasteiger partial charge in [0.2, 0.25) is 0 Å². The summed E-state index contributed by atoms with van der Waals surface area (Å²) >= 11 is 0. The fourth-order valence-electron chi connectivity index (χ4n) is 2.66. The molecule has 2 unspecified atom stereocenters. The molecule has 0 aromatic rings. The number of carbonyl (C=O) groups excluding carboxylic acids is 1. The van der Waals surface area contributed by atoms with Crippen molar-refractivity contribution in [1.82, 2.24) is 0 Å². The number of hydrogen-bond acceptors (Lipinski definition) is 3. The van der Waals surface area contributed by atoms with Crippen LogP contribution in [0.15, 0.2) is 12.2 Å². The van der Waals surface area contributed by atoms with Crippen LogP contribution in [0.5, 0.6) is 0 Å². The standard InChI is InChI=1S/C11H16O3S/c12-8-11(6-7-15(13,14)9-11)10-4-2-1-3-5-10/h2,4,8,10H,1,3,5-7,9H2. The molecule has 2 aliphatic rings. The topological polar surface area (TPSA) is 51.2 Å². The lowest BCUT2D eigenvalue weighted by atomic mass is 9.72. The fourth-order valence-corrected chi connectivity index (χ4v) is 4.74. The van der Waals surface area contributed by atoms with E-state index >= 15 is 0 Å². The van der Waals surface area contributed by atoms with Gasteiger partial charge in [0, 0.05) is 5.41 Å². The van der Waals surface area contributed by atoms with E-state index in [0.717, 1.165) is 25.5 Å². The zero-order valence-corrected chi connectivity index (χ0v) is 9.50. The van der Waals surface area contributed by atoms with Gasteiger partial charge in [-0.2, -0.15) is 0 Å². The molecule has 0 N–H and O–H groups in total. The van der Waals surface area contributed by atoms with Gasteiger partial charge in [-0.1, -0.05) is 12.2 Å². The van der Waals surface area contributed by atoms with E-state index in [1.165, 1.54) is 0 Å². The molecule has 2 atom stereocenters. The van der Waals surface area contributed by atoms with Gasteiger partial charge in [0.05, 0.1) is 11.5 Å². The fraction of sp³-hybridized carbons (Fsp3) is 0.727. The van der Waals surface area contributed by atoms with E-state index in [-0.39, 0.29) is 17.4 Å². The Bertz CT molecular complexity index is 383. The first kappa shape index (κ1) is 10.9. The molecule has 0 amide bonds. The van der Waals surface area contributed by atoms with E-state index in [9.17, 15) is 13.2 Å². The van der Waals surface area contributed by atoms with Crippen molar-refractivity contribution in [3.8, 4) is 0 Å². The molecule has 1 aliphatic carbocycles. The van der Waals surface area contributed by atoms with Crippen LogP contribution in [0, 0.1) is 11.3 Å². The molecule has 3 nitrogen and oxygen atoms in total. The Morgan fingerprint density at radius 1 is 1.40 bits per heavy atom. The van der Waals surface area contributed by atoms with Crippen molar-refractivity contribution < 1.29 is 13.2 Å². The van der Waals surface area contributed by atoms with Crippen molar-refractivity contribution in [3.63, 3.8) is 0 Å². The highest BCUT2D eigenvalue weighted by Gasteiger charge is 2.46. The van der Waals surface area contributed by atoms with E-state index in [2.05, 4.69) is 6.08 Å². The third-order valence-electron chi connectivity index (χ3n) is 3.59. The molecule has 15 heavy (non-hydrogen) atoms. The van der Waals surface area contributed by atoms with E-state index in [1.807, 2.05) is 6.08 Å². The summed E-state index contributed by atoms with van der Waals surface area (Å²) in [6, 6.07) is 0. The first-order chi connectivity index (χ1) is 7.08. The third-order valence-corrected chi connectivity index (χ3v) is 5.40. The summed E-state index contributed by atoms with van der Waals surface area (Å²) in [4.78, 5) is 11.2. The van der Waals surface area contributed by atoms with Crippen molar-refractivity contribution >= 4 is 16.1 Å². The summed E-state index contributed by atoms with van der Waals surface area (Å²) in [6.45, 7) is 0. The molecule has 1 heterocycles. The van der Waals surface area contributed by atoms with Crippen LogP contribution in [-0.4, -0.2) is 26.2 Å². The van der Waals surface area contributed by atoms with Crippen LogP contribution in [-0.2, 0) is 14.6 Å². The largest absolute Gasteiger partial charge is 0.303 e. The average Bonchev–Trinajstić information content (AvgIpc) is 2.57. The molecule has 0 bridgehead atoms. The van der Waals surface area contributed by atoms with Crippen LogP contribution < -0.4 is 0 Å². The highest BCUT2D eigenvalue weighted by Crippen LogP contribution is 2.42. The van der Waals surface area contributed by atoms with Gasteiger partial charge in [0.25, 0.3) is 0 Å². The highest BCUT2D eigenvalue weighted by molar-refractivity contribution is 7.91. The molecule has 0 radical (unpaired) electrons. The van der Waals surface area contributed by atoms with Gasteiger partial charge in [-0.3, -0.25) is 0 Å². The van der Waals surface area contributed by atoms with Gasteiger partial charge < -0.3 is 4.79 Å². The molecule has 0 aromatic heterocycles. The van der Waals surface area contributed by atoms with Crippen LogP contribution in [0.2, 0.25) is 0 Å². The van der Waals surface area contributed by atoms with Crippen LogP contribution in [0.4, 0.5) is 0 Å². The molecule has 0 saturated carbocycles. The minimum Gasteiger partial charge on any atom is -0.303 e. The van der Waals surface area contributed by atoms with Gasteiger partial charge >= 0.3 is 0 Å². The zero-order chi connectivity index (χ0) is 10.9. The monoisotopic (exact) mass is 228 g/mol. The van der Waals surface area contributed by atoms with Crippen molar-refractivity contribution in [2.24, 2.45) is 11.3 Å². The Kier molecular flexibility index (Phi) is 2.71. The number of hydrogen-bond donors (Lipinski definition) is 0. The summed E-state index contributed by atoms with van der Waals surface area (Å²) in [5.74, 6) is 0.371. The molecular weight excluding hydrogens is 212 g/mol. The van der Waals surface area contributed by atoms with Gasteiger partial charge in [-0.25, -0.2) is 8.42 Å². The summed E-state index contributed by atoms with van der Waals surface area (Å²) in [5, 5.41) is 0. The van der Waals surface area contributed by atoms with Gasteiger partial charge in [-0.15, -0.1) is 0 Å². The minimum absolute atomic E-state index is 0.0541. The predicted octanol–water partition coefficient (Wildman–Crippen LogP) is 1.35. The van der Waals surface area contributed by atoms with E-state index in [1.54, 1.807) is 0 Å². The zero-order valence-electron chi connectivity index (χ0n) is 8.69. The van der Waals surface area contributed by atoms with E-state index in [4.69, 9.17) is 0 Å². The lowest BCUT2D eigenvalue weighted by Gasteiger charge is -2.31. The number of aldehydes is 1. The van der Waals surface area contributed by atoms with Crippen LogP contribution >= 0.6 is 0 Å². The minimum atomic E-state index is -2.98. The second-order valence-corrected chi connectivity index (χ2v) is 6.84. The third kappa shape index (κ3) is 2.00. The van der Waals surface area contributed by atoms with Crippen LogP contribution in [0.3, 0.4) is 0 Å². The smallest absolute Gasteiger partial charge is 0.151 e. The molecule has 1 aliphatic heterocycles. The maximum absolute atomic E-state index is 11.5. The Morgan fingerprint density at radius 2 is 2.20 bits per heavy atom. The van der Waals surface area contributed by atoms with Crippen LogP contribution in [0.1, 0.15) is 25.7 Å². The van der Waals surface area contributed by atoms with E-state index < -0.39 is 15.3 Å². The summed E-state index contributed by atoms with van der Waals surface area (Å²) in [7, 11) is -2.98. The molecule has 4 heteroatoms. The Balaban J connectivity index is 2.26. The Labute approximate surface area is 90.5 Å². The molecule has 0 spiro atoms. The highest BCUT2D eigenvalue weighted by atomic mass is 32.2. The molecule has 84 valence electrons. The van der Waals surface area contributed by atoms with Gasteiger partial charge in [-0.05, 0) is 31.6 Å². The molecule has 1 fully saturated rings. The molecular formula is C11H16O3S. The Morgan fingerprint density at radius 3 is 2.67 bits per heavy atom. The second kappa shape index (κ2) is 3.74. The molecule has 0 aromatic carbocycles. The van der Waals surface area contributed by atoms with Crippen molar-refractivity contribution in [2.45, 2.75) is 25.7 Å². The second-order valence-electron chi connectivity index (χ2n) is 4.66. The lowest BCUT2D eigenvalue weighted by Crippen LogP contribution is -2.33. The summed E-state index contributed by atoms with van der Waals surface area (Å²) in [6.07, 6.45) is 8.58. The number of carbonyl (C=O) groups is 1. The number of allylic oxidation sites excluding steroid dienone is 2. The van der Waals surface area contributed by atoms with Crippen LogP contribution in [0.25, 0.3) is 0 Å². The van der Waals surface area contributed by atoms with E-state index in [0.29, 0.717) is 6.42 Å². The van der Waals surface area contributed by atoms with Crippen molar-refractivity contribution in [1.29, 1.82) is 0 Å². The normalized spacial score (nSPS) is 39.1. The van der Waals surface area contributed by atoms with Crippen molar-refractivity contribution in [2.75, 3.05) is 11.5 Å². The SMILES string of the molecule is O=CC1(C2C=CCCC2)CCS(=O)(=O)C1. The summed E-state index contributed by atoms with van der Waals surface area (Å²) < 4.78 is 22.9. The first-order valence-electron chi connectivity index (χ1n) is 5.41. The molecule has 2 rings (SSSR count). The quantitative estimate of drug-likeness (QED) is 0.529. The Hall–Kier alpha value is -0.640. The first-order valence-corrected chi connectivity index (χ1v) is 7.24. The predicted molar refractivity (Wildman–Crippen MR) is 58.2 cm³/mol. The summed E-state index contributed by atoms with van der Waals surface area (Å²) in [5.41, 5.74) is -0.615. The average molecular weight is 228 g/mol. The van der Waals surface area contributed by atoms with Gasteiger partial charge in [0.15, 0.2) is 9.84 Å².